The van der Waals surface area contributed by atoms with Crippen LogP contribution in [0.15, 0.2) is 72.3 Å². The van der Waals surface area contributed by atoms with Gasteiger partial charge in [0.15, 0.2) is 5.13 Å². The third-order valence-electron chi connectivity index (χ3n) is 5.52. The normalized spacial score (nSPS) is 17.5. The largest absolute Gasteiger partial charge is 0.507 e. The fraction of sp³-hybridized carbons (Fsp3) is 0.0800. The Labute approximate surface area is 196 Å². The lowest BCUT2D eigenvalue weighted by molar-refractivity contribution is -0.132. The van der Waals surface area contributed by atoms with E-state index in [0.29, 0.717) is 16.0 Å². The van der Waals surface area contributed by atoms with Gasteiger partial charge in [0.25, 0.3) is 5.78 Å². The number of ketones is 1. The summed E-state index contributed by atoms with van der Waals surface area (Å²) in [4.78, 5) is 31.8. The van der Waals surface area contributed by atoms with E-state index in [9.17, 15) is 23.5 Å². The number of anilines is 1. The highest BCUT2D eigenvalue weighted by atomic mass is 32.1. The first kappa shape index (κ1) is 21.7. The fourth-order valence-electron chi connectivity index (χ4n) is 3.92. The summed E-state index contributed by atoms with van der Waals surface area (Å²) < 4.78 is 33.5. The molecule has 170 valence electrons. The lowest BCUT2D eigenvalue weighted by Crippen LogP contribution is -2.29. The van der Waals surface area contributed by atoms with Crippen LogP contribution in [0.3, 0.4) is 0 Å². The zero-order chi connectivity index (χ0) is 24.0. The van der Waals surface area contributed by atoms with Gasteiger partial charge < -0.3 is 9.84 Å². The number of thiazole rings is 1. The molecule has 0 aliphatic carbocycles. The Hall–Kier alpha value is -4.11. The number of hydrogen-bond donors (Lipinski definition) is 1. The van der Waals surface area contributed by atoms with Crippen molar-refractivity contribution in [2.45, 2.75) is 6.04 Å². The number of carbonyl (C=O) groups excluding carboxylic acids is 2. The number of Topliss-reactive ketones (excluding diaryl/α,β-unsaturated/α-hetero) is 1. The molecule has 1 amide bonds. The molecule has 6 nitrogen and oxygen atoms in total. The summed E-state index contributed by atoms with van der Waals surface area (Å²) in [5.41, 5.74) is 0.800. The highest BCUT2D eigenvalue weighted by Gasteiger charge is 2.48. The minimum Gasteiger partial charge on any atom is -0.507 e. The van der Waals surface area contributed by atoms with Crippen molar-refractivity contribution in [1.29, 1.82) is 0 Å². The van der Waals surface area contributed by atoms with Crippen molar-refractivity contribution in [3.05, 3.63) is 95.1 Å². The molecule has 0 saturated carbocycles. The van der Waals surface area contributed by atoms with Crippen molar-refractivity contribution in [2.75, 3.05) is 12.0 Å². The highest BCUT2D eigenvalue weighted by molar-refractivity contribution is 7.22. The lowest BCUT2D eigenvalue weighted by atomic mass is 9.95. The number of methoxy groups -OCH3 is 1. The van der Waals surface area contributed by atoms with Crippen molar-refractivity contribution in [3.8, 4) is 5.75 Å². The molecule has 9 heteroatoms. The molecule has 1 N–H and O–H groups in total. The highest BCUT2D eigenvalue weighted by Crippen LogP contribution is 2.44. The third-order valence-corrected chi connectivity index (χ3v) is 6.54. The van der Waals surface area contributed by atoms with Crippen LogP contribution in [0.5, 0.6) is 5.75 Å². The summed E-state index contributed by atoms with van der Waals surface area (Å²) in [6, 6.07) is 14.6. The first-order valence-electron chi connectivity index (χ1n) is 10.1. The van der Waals surface area contributed by atoms with Gasteiger partial charge in [-0.05, 0) is 60.2 Å². The lowest BCUT2D eigenvalue weighted by Gasteiger charge is -2.23. The number of aliphatic hydroxyl groups is 1. The number of benzene rings is 3. The van der Waals surface area contributed by atoms with Crippen LogP contribution in [-0.4, -0.2) is 28.9 Å². The molecule has 0 unspecified atom stereocenters. The molecule has 4 aromatic rings. The second kappa shape index (κ2) is 8.35. The van der Waals surface area contributed by atoms with Crippen LogP contribution in [-0.2, 0) is 9.59 Å². The Morgan fingerprint density at radius 1 is 1.03 bits per heavy atom. The van der Waals surface area contributed by atoms with Crippen LogP contribution in [0.1, 0.15) is 17.2 Å². The van der Waals surface area contributed by atoms with Crippen molar-refractivity contribution in [3.63, 3.8) is 0 Å². The zero-order valence-electron chi connectivity index (χ0n) is 17.7. The number of fused-ring (bicyclic) bond motifs is 1. The van der Waals surface area contributed by atoms with E-state index in [1.165, 1.54) is 43.5 Å². The molecule has 1 aromatic heterocycles. The summed E-state index contributed by atoms with van der Waals surface area (Å²) in [6.45, 7) is 0. The number of hydrogen-bond acceptors (Lipinski definition) is 6. The second-order valence-corrected chi connectivity index (χ2v) is 8.57. The van der Waals surface area contributed by atoms with E-state index in [4.69, 9.17) is 4.74 Å². The van der Waals surface area contributed by atoms with Crippen molar-refractivity contribution in [2.24, 2.45) is 0 Å². The topological polar surface area (TPSA) is 79.7 Å². The van der Waals surface area contributed by atoms with Crippen LogP contribution >= 0.6 is 11.3 Å². The Balaban J connectivity index is 1.72. The standard InChI is InChI=1S/C25H16F2N2O4S/c1-33-17-8-5-13(6-9-17)22(30)20-21(14-3-2-4-15(26)11-14)29(24(32)23(20)31)25-28-18-10-7-16(27)12-19(18)34-25/h2-12,21,30H,1H3/t21-/m0/s1. The first-order valence-corrected chi connectivity index (χ1v) is 11.0. The fourth-order valence-corrected chi connectivity index (χ4v) is 4.93. The van der Waals surface area contributed by atoms with Gasteiger partial charge in [-0.3, -0.25) is 14.5 Å². The van der Waals surface area contributed by atoms with Crippen LogP contribution in [0.25, 0.3) is 16.0 Å². The molecule has 1 aliphatic heterocycles. The van der Waals surface area contributed by atoms with Gasteiger partial charge in [0.1, 0.15) is 23.1 Å². The number of amides is 1. The van der Waals surface area contributed by atoms with E-state index in [2.05, 4.69) is 4.98 Å². The number of aromatic nitrogens is 1. The van der Waals surface area contributed by atoms with E-state index >= 15 is 0 Å². The minimum atomic E-state index is -1.14. The summed E-state index contributed by atoms with van der Waals surface area (Å²) in [6.07, 6.45) is 0. The van der Waals surface area contributed by atoms with Crippen molar-refractivity contribution >= 4 is 44.1 Å². The van der Waals surface area contributed by atoms with E-state index in [1.54, 1.807) is 30.3 Å². The van der Waals surface area contributed by atoms with Gasteiger partial charge in [0, 0.05) is 5.56 Å². The average molecular weight is 478 g/mol. The molecule has 0 spiro atoms. The molecule has 1 saturated heterocycles. The molecule has 2 heterocycles. The van der Waals surface area contributed by atoms with E-state index in [-0.39, 0.29) is 21.8 Å². The Kier molecular flexibility index (Phi) is 5.33. The summed E-state index contributed by atoms with van der Waals surface area (Å²) in [5, 5.41) is 11.2. The first-order chi connectivity index (χ1) is 16.4. The maximum atomic E-state index is 14.2. The smallest absolute Gasteiger partial charge is 0.301 e. The van der Waals surface area contributed by atoms with Gasteiger partial charge >= 0.3 is 5.91 Å². The van der Waals surface area contributed by atoms with Gasteiger partial charge in [0.2, 0.25) is 0 Å². The van der Waals surface area contributed by atoms with Crippen LogP contribution in [0.4, 0.5) is 13.9 Å². The molecule has 1 atom stereocenters. The number of ether oxygens (including phenoxy) is 1. The number of nitrogens with zero attached hydrogens (tertiary/aromatic N) is 2. The van der Waals surface area contributed by atoms with Crippen LogP contribution in [0, 0.1) is 11.6 Å². The summed E-state index contributed by atoms with van der Waals surface area (Å²) >= 11 is 1.02. The third kappa shape index (κ3) is 3.60. The van der Waals surface area contributed by atoms with E-state index < -0.39 is 35.1 Å². The Bertz CT molecular complexity index is 1480. The molecular weight excluding hydrogens is 462 g/mol. The second-order valence-electron chi connectivity index (χ2n) is 7.56. The number of halogens is 2. The number of aliphatic hydroxyl groups excluding tert-OH is 1. The molecule has 1 aliphatic rings. The maximum absolute atomic E-state index is 14.2. The van der Waals surface area contributed by atoms with Gasteiger partial charge in [-0.2, -0.15) is 0 Å². The summed E-state index contributed by atoms with van der Waals surface area (Å²) in [5.74, 6) is -2.77. The Morgan fingerprint density at radius 3 is 2.47 bits per heavy atom. The van der Waals surface area contributed by atoms with Crippen molar-refractivity contribution in [1.82, 2.24) is 4.98 Å². The van der Waals surface area contributed by atoms with Gasteiger partial charge in [-0.25, -0.2) is 13.8 Å². The molecule has 3 aromatic carbocycles. The summed E-state index contributed by atoms with van der Waals surface area (Å²) in [7, 11) is 1.49. The SMILES string of the molecule is COc1ccc(C(O)=C2C(=O)C(=O)N(c3nc4ccc(F)cc4s3)[C@H]2c2cccc(F)c2)cc1. The van der Waals surface area contributed by atoms with Gasteiger partial charge in [0.05, 0.1) is 28.9 Å². The maximum Gasteiger partial charge on any atom is 0.301 e. The number of carbonyl (C=O) groups is 2. The van der Waals surface area contributed by atoms with E-state index in [1.807, 2.05) is 0 Å². The quantitative estimate of drug-likeness (QED) is 0.248. The van der Waals surface area contributed by atoms with Crippen molar-refractivity contribution < 1.29 is 28.2 Å². The molecule has 0 bridgehead atoms. The van der Waals surface area contributed by atoms with Crippen LogP contribution in [0.2, 0.25) is 0 Å². The molecule has 34 heavy (non-hydrogen) atoms. The van der Waals surface area contributed by atoms with Gasteiger partial charge in [-0.15, -0.1) is 0 Å². The Morgan fingerprint density at radius 2 is 1.76 bits per heavy atom. The molecule has 1 fully saturated rings. The monoisotopic (exact) mass is 478 g/mol. The van der Waals surface area contributed by atoms with Crippen LogP contribution < -0.4 is 9.64 Å². The average Bonchev–Trinajstić information content (AvgIpc) is 3.36. The number of rotatable bonds is 4. The predicted octanol–water partition coefficient (Wildman–Crippen LogP) is 5.21. The molecule has 0 radical (unpaired) electrons. The molecular formula is C25H16F2N2O4S. The minimum absolute atomic E-state index is 0.130. The van der Waals surface area contributed by atoms with E-state index in [0.717, 1.165) is 16.2 Å². The van der Waals surface area contributed by atoms with Gasteiger partial charge in [-0.1, -0.05) is 23.5 Å². The predicted molar refractivity (Wildman–Crippen MR) is 124 cm³/mol. The zero-order valence-corrected chi connectivity index (χ0v) is 18.5. The molecule has 5 rings (SSSR count).